The summed E-state index contributed by atoms with van der Waals surface area (Å²) in [5.41, 5.74) is 4.15. The number of benzene rings is 1. The molecule has 0 bridgehead atoms. The van der Waals surface area contributed by atoms with E-state index in [2.05, 4.69) is 29.7 Å². The molecule has 1 aromatic rings. The molecule has 0 radical (unpaired) electrons. The molecule has 2 unspecified atom stereocenters. The maximum Gasteiger partial charge on any atom is 0.119 e. The van der Waals surface area contributed by atoms with Gasteiger partial charge >= 0.3 is 0 Å². The monoisotopic (exact) mass is 290 g/mol. The van der Waals surface area contributed by atoms with Crippen molar-refractivity contribution in [3.63, 3.8) is 0 Å². The zero-order valence-corrected chi connectivity index (χ0v) is 12.6. The van der Waals surface area contributed by atoms with E-state index >= 15 is 0 Å². The lowest BCUT2D eigenvalue weighted by atomic mass is 9.97. The van der Waals surface area contributed by atoms with E-state index in [-0.39, 0.29) is 6.04 Å². The Balaban J connectivity index is 1.51. The molecule has 1 aliphatic heterocycles. The van der Waals surface area contributed by atoms with Gasteiger partial charge in [-0.25, -0.2) is 0 Å². The van der Waals surface area contributed by atoms with Gasteiger partial charge in [0.15, 0.2) is 0 Å². The number of hydrogen-bond donors (Lipinski definition) is 2. The third-order valence-corrected chi connectivity index (χ3v) is 4.36. The largest absolute Gasteiger partial charge is 0.490 e. The van der Waals surface area contributed by atoms with Crippen LogP contribution in [0.25, 0.3) is 0 Å². The lowest BCUT2D eigenvalue weighted by molar-refractivity contribution is 0.00854. The molecule has 21 heavy (non-hydrogen) atoms. The van der Waals surface area contributed by atoms with Gasteiger partial charge in [-0.3, -0.25) is 11.3 Å². The number of nitrogens with two attached hydrogens (primary N) is 1. The maximum absolute atomic E-state index is 5.79. The summed E-state index contributed by atoms with van der Waals surface area (Å²) in [4.78, 5) is 0. The van der Waals surface area contributed by atoms with Crippen molar-refractivity contribution in [2.75, 3.05) is 6.61 Å². The molecule has 1 aromatic carbocycles. The Labute approximate surface area is 127 Å². The van der Waals surface area contributed by atoms with Crippen molar-refractivity contribution < 1.29 is 9.47 Å². The molecule has 0 spiro atoms. The smallest absolute Gasteiger partial charge is 0.119 e. The quantitative estimate of drug-likeness (QED) is 0.598. The van der Waals surface area contributed by atoms with Gasteiger partial charge in [0.1, 0.15) is 5.75 Å². The van der Waals surface area contributed by atoms with Gasteiger partial charge in [-0.2, -0.15) is 0 Å². The summed E-state index contributed by atoms with van der Waals surface area (Å²) in [5, 5.41) is 0. The van der Waals surface area contributed by atoms with Crippen LogP contribution in [0.15, 0.2) is 24.3 Å². The average Bonchev–Trinajstić information content (AvgIpc) is 3.34. The van der Waals surface area contributed by atoms with Crippen LogP contribution in [-0.4, -0.2) is 18.8 Å². The minimum atomic E-state index is 0.186. The van der Waals surface area contributed by atoms with Gasteiger partial charge in [-0.1, -0.05) is 12.1 Å². The first-order valence-electron chi connectivity index (χ1n) is 8.19. The summed E-state index contributed by atoms with van der Waals surface area (Å²) in [5.74, 6) is 6.69. The normalized spacial score (nSPS) is 23.8. The Bertz CT molecular complexity index is 425. The van der Waals surface area contributed by atoms with Gasteiger partial charge in [0.05, 0.1) is 12.2 Å². The van der Waals surface area contributed by atoms with E-state index in [1.165, 1.54) is 37.7 Å². The van der Waals surface area contributed by atoms with Crippen LogP contribution in [0.4, 0.5) is 0 Å². The van der Waals surface area contributed by atoms with E-state index in [9.17, 15) is 0 Å². The van der Waals surface area contributed by atoms with Gasteiger partial charge in [0, 0.05) is 12.6 Å². The molecule has 1 saturated carbocycles. The van der Waals surface area contributed by atoms with E-state index < -0.39 is 0 Å². The Morgan fingerprint density at radius 3 is 2.62 bits per heavy atom. The van der Waals surface area contributed by atoms with Crippen molar-refractivity contribution in [3.8, 4) is 5.75 Å². The average molecular weight is 290 g/mol. The third-order valence-electron chi connectivity index (χ3n) is 4.36. The molecule has 1 saturated heterocycles. The molecule has 1 aliphatic carbocycles. The van der Waals surface area contributed by atoms with Crippen molar-refractivity contribution in [3.05, 3.63) is 29.8 Å². The van der Waals surface area contributed by atoms with Crippen LogP contribution in [0.5, 0.6) is 5.75 Å². The first-order valence-corrected chi connectivity index (χ1v) is 8.19. The van der Waals surface area contributed by atoms with E-state index in [1.54, 1.807) is 0 Å². The first-order chi connectivity index (χ1) is 10.3. The Kier molecular flexibility index (Phi) is 5.12. The minimum Gasteiger partial charge on any atom is -0.490 e. The highest BCUT2D eigenvalue weighted by Crippen LogP contribution is 2.28. The van der Waals surface area contributed by atoms with Crippen molar-refractivity contribution >= 4 is 0 Å². The second-order valence-corrected chi connectivity index (χ2v) is 6.17. The molecule has 3 rings (SSSR count). The topological polar surface area (TPSA) is 56.5 Å². The fourth-order valence-electron chi connectivity index (χ4n) is 2.89. The second-order valence-electron chi connectivity index (χ2n) is 6.17. The number of ether oxygens (including phenoxy) is 2. The number of rotatable bonds is 7. The van der Waals surface area contributed by atoms with Crippen LogP contribution in [0.1, 0.15) is 56.6 Å². The highest BCUT2D eigenvalue weighted by atomic mass is 16.5. The third kappa shape index (κ3) is 4.43. The van der Waals surface area contributed by atoms with Gasteiger partial charge in [0.25, 0.3) is 0 Å². The first kappa shape index (κ1) is 14.8. The summed E-state index contributed by atoms with van der Waals surface area (Å²) >= 11 is 0. The van der Waals surface area contributed by atoms with Crippen LogP contribution < -0.4 is 16.0 Å². The summed E-state index contributed by atoms with van der Waals surface area (Å²) in [6.45, 7) is 0.915. The van der Waals surface area contributed by atoms with Crippen molar-refractivity contribution in [1.29, 1.82) is 0 Å². The lowest BCUT2D eigenvalue weighted by Crippen LogP contribution is -2.29. The lowest BCUT2D eigenvalue weighted by Gasteiger charge is -2.25. The molecule has 0 amide bonds. The predicted octanol–water partition coefficient (Wildman–Crippen LogP) is 3.08. The van der Waals surface area contributed by atoms with E-state index in [0.717, 1.165) is 25.2 Å². The summed E-state index contributed by atoms with van der Waals surface area (Å²) < 4.78 is 11.6. The van der Waals surface area contributed by atoms with Crippen molar-refractivity contribution in [2.24, 2.45) is 5.84 Å². The Morgan fingerprint density at radius 1 is 1.19 bits per heavy atom. The zero-order chi connectivity index (χ0) is 14.5. The fourth-order valence-corrected chi connectivity index (χ4v) is 2.89. The van der Waals surface area contributed by atoms with Crippen LogP contribution in [0.3, 0.4) is 0 Å². The number of hydrogen-bond acceptors (Lipinski definition) is 4. The minimum absolute atomic E-state index is 0.186. The van der Waals surface area contributed by atoms with Gasteiger partial charge in [0.2, 0.25) is 0 Å². The molecule has 4 heteroatoms. The molecule has 2 aliphatic rings. The SMILES string of the molecule is NNC(CCC1CCCCO1)c1ccc(OC2CC2)cc1. The maximum atomic E-state index is 5.79. The van der Waals surface area contributed by atoms with Gasteiger partial charge < -0.3 is 9.47 Å². The van der Waals surface area contributed by atoms with Crippen LogP contribution >= 0.6 is 0 Å². The highest BCUT2D eigenvalue weighted by molar-refractivity contribution is 5.29. The van der Waals surface area contributed by atoms with Gasteiger partial charge in [-0.05, 0) is 62.6 Å². The Morgan fingerprint density at radius 2 is 2.00 bits per heavy atom. The molecule has 2 atom stereocenters. The van der Waals surface area contributed by atoms with Crippen LogP contribution in [-0.2, 0) is 4.74 Å². The number of hydrazine groups is 1. The second kappa shape index (κ2) is 7.25. The molecular weight excluding hydrogens is 264 g/mol. The summed E-state index contributed by atoms with van der Waals surface area (Å²) in [6.07, 6.45) is 8.99. The molecule has 3 N–H and O–H groups in total. The van der Waals surface area contributed by atoms with Crippen molar-refractivity contribution in [1.82, 2.24) is 5.43 Å². The Hall–Kier alpha value is -1.10. The fraction of sp³-hybridized carbons (Fsp3) is 0.647. The van der Waals surface area contributed by atoms with Crippen LogP contribution in [0, 0.1) is 0 Å². The molecular formula is C17H26N2O2. The standard InChI is InChI=1S/C17H26N2O2/c18-19-17(11-10-14-3-1-2-12-20-14)13-4-6-15(7-5-13)21-16-8-9-16/h4-7,14,16-17,19H,1-3,8-12,18H2. The summed E-state index contributed by atoms with van der Waals surface area (Å²) in [7, 11) is 0. The molecule has 2 fully saturated rings. The molecule has 1 heterocycles. The zero-order valence-electron chi connectivity index (χ0n) is 12.6. The van der Waals surface area contributed by atoms with E-state index in [0.29, 0.717) is 12.2 Å². The van der Waals surface area contributed by atoms with Gasteiger partial charge in [-0.15, -0.1) is 0 Å². The van der Waals surface area contributed by atoms with Crippen molar-refractivity contribution in [2.45, 2.75) is 63.2 Å². The molecule has 4 nitrogen and oxygen atoms in total. The predicted molar refractivity (Wildman–Crippen MR) is 83.0 cm³/mol. The van der Waals surface area contributed by atoms with E-state index in [1.807, 2.05) is 0 Å². The summed E-state index contributed by atoms with van der Waals surface area (Å²) in [6, 6.07) is 8.52. The van der Waals surface area contributed by atoms with Crippen LogP contribution in [0.2, 0.25) is 0 Å². The van der Waals surface area contributed by atoms with E-state index in [4.69, 9.17) is 15.3 Å². The molecule has 116 valence electrons. The highest BCUT2D eigenvalue weighted by Gasteiger charge is 2.23. The number of nitrogens with one attached hydrogen (secondary N) is 1. The molecule has 0 aromatic heterocycles.